The van der Waals surface area contributed by atoms with Crippen molar-refractivity contribution in [3.8, 4) is 11.5 Å². The predicted octanol–water partition coefficient (Wildman–Crippen LogP) is 2.19. The second-order valence-corrected chi connectivity index (χ2v) is 3.48. The number of carbonyl (C=O) groups excluding carboxylic acids is 1. The third kappa shape index (κ3) is 1.35. The molecule has 1 N–H and O–H groups in total. The summed E-state index contributed by atoms with van der Waals surface area (Å²) in [6, 6.07) is 4.78. The highest BCUT2D eigenvalue weighted by molar-refractivity contribution is 5.86. The lowest BCUT2D eigenvalue weighted by molar-refractivity contribution is -0.134. The molecule has 1 aromatic rings. The maximum Gasteiger partial charge on any atom is 0.318 e. The molecule has 0 saturated heterocycles. The summed E-state index contributed by atoms with van der Waals surface area (Å²) in [5, 5.41) is 9.30. The minimum absolute atomic E-state index is 0.183. The van der Waals surface area contributed by atoms with E-state index in [1.165, 1.54) is 6.07 Å². The number of hydrogen-bond donors (Lipinski definition) is 1. The summed E-state index contributed by atoms with van der Waals surface area (Å²) >= 11 is 0. The largest absolute Gasteiger partial charge is 0.508 e. The van der Waals surface area contributed by atoms with Gasteiger partial charge in [0.15, 0.2) is 0 Å². The Kier molecular flexibility index (Phi) is 2.15. The van der Waals surface area contributed by atoms with Gasteiger partial charge in [0.25, 0.3) is 0 Å². The topological polar surface area (TPSA) is 46.5 Å². The van der Waals surface area contributed by atoms with Gasteiger partial charge >= 0.3 is 5.97 Å². The van der Waals surface area contributed by atoms with E-state index in [2.05, 4.69) is 0 Å². The van der Waals surface area contributed by atoms with Crippen LogP contribution in [0.2, 0.25) is 0 Å². The average Bonchev–Trinajstić information content (AvgIpc) is 2.45. The van der Waals surface area contributed by atoms with Crippen LogP contribution in [0.5, 0.6) is 11.5 Å². The van der Waals surface area contributed by atoms with Gasteiger partial charge < -0.3 is 9.84 Å². The first-order chi connectivity index (χ1) is 6.72. The van der Waals surface area contributed by atoms with Crippen molar-refractivity contribution in [2.24, 2.45) is 0 Å². The van der Waals surface area contributed by atoms with Crippen molar-refractivity contribution in [2.75, 3.05) is 0 Å². The standard InChI is InChI=1S/C11H12O3/c1-2-3-8-9-6-7(12)4-5-10(9)14-11(8)13/h4-6,8,12H,2-3H2,1H3. The fourth-order valence-electron chi connectivity index (χ4n) is 1.77. The molecule has 1 aliphatic rings. The van der Waals surface area contributed by atoms with Gasteiger partial charge in [-0.25, -0.2) is 0 Å². The number of hydrogen-bond acceptors (Lipinski definition) is 3. The Hall–Kier alpha value is -1.51. The second-order valence-electron chi connectivity index (χ2n) is 3.48. The Bertz CT molecular complexity index is 371. The molecule has 0 aliphatic carbocycles. The van der Waals surface area contributed by atoms with Gasteiger partial charge in [0, 0.05) is 5.56 Å². The van der Waals surface area contributed by atoms with Gasteiger partial charge in [-0.2, -0.15) is 0 Å². The molecule has 74 valence electrons. The van der Waals surface area contributed by atoms with Crippen LogP contribution >= 0.6 is 0 Å². The lowest BCUT2D eigenvalue weighted by Crippen LogP contribution is -2.09. The summed E-state index contributed by atoms with van der Waals surface area (Å²) in [5.74, 6) is 0.379. The first kappa shape index (κ1) is 9.06. The molecule has 3 nitrogen and oxygen atoms in total. The molecule has 0 amide bonds. The number of aromatic hydroxyl groups is 1. The van der Waals surface area contributed by atoms with Gasteiger partial charge in [0.1, 0.15) is 11.5 Å². The molecule has 0 aromatic heterocycles. The normalized spacial score (nSPS) is 19.2. The number of fused-ring (bicyclic) bond motifs is 1. The van der Waals surface area contributed by atoms with Crippen molar-refractivity contribution in [3.63, 3.8) is 0 Å². The molecule has 1 unspecified atom stereocenters. The molecule has 0 spiro atoms. The molecule has 1 aromatic carbocycles. The maximum absolute atomic E-state index is 11.4. The van der Waals surface area contributed by atoms with E-state index >= 15 is 0 Å². The minimum Gasteiger partial charge on any atom is -0.508 e. The van der Waals surface area contributed by atoms with Crippen LogP contribution in [0.1, 0.15) is 31.2 Å². The van der Waals surface area contributed by atoms with Gasteiger partial charge in [0.05, 0.1) is 5.92 Å². The van der Waals surface area contributed by atoms with Crippen LogP contribution in [0, 0.1) is 0 Å². The predicted molar refractivity (Wildman–Crippen MR) is 51.4 cm³/mol. The first-order valence-electron chi connectivity index (χ1n) is 4.77. The summed E-state index contributed by atoms with van der Waals surface area (Å²) in [6.07, 6.45) is 1.70. The van der Waals surface area contributed by atoms with E-state index in [1.54, 1.807) is 12.1 Å². The van der Waals surface area contributed by atoms with E-state index in [0.29, 0.717) is 5.75 Å². The van der Waals surface area contributed by atoms with E-state index < -0.39 is 0 Å². The minimum atomic E-state index is -0.201. The fraction of sp³-hybridized carbons (Fsp3) is 0.364. The van der Waals surface area contributed by atoms with E-state index in [1.807, 2.05) is 6.92 Å². The molecule has 1 aliphatic heterocycles. The maximum atomic E-state index is 11.4. The van der Waals surface area contributed by atoms with E-state index in [-0.39, 0.29) is 17.6 Å². The molecule has 14 heavy (non-hydrogen) atoms. The van der Waals surface area contributed by atoms with Crippen LogP contribution in [0.4, 0.5) is 0 Å². The van der Waals surface area contributed by atoms with Gasteiger partial charge in [-0.1, -0.05) is 13.3 Å². The number of phenolic OH excluding ortho intramolecular Hbond substituents is 1. The van der Waals surface area contributed by atoms with Crippen LogP contribution in [-0.2, 0) is 4.79 Å². The van der Waals surface area contributed by atoms with Crippen molar-refractivity contribution in [3.05, 3.63) is 23.8 Å². The summed E-state index contributed by atoms with van der Waals surface area (Å²) in [5.41, 5.74) is 0.817. The second kappa shape index (κ2) is 3.33. The number of rotatable bonds is 2. The SMILES string of the molecule is CCCC1C(=O)Oc2ccc(O)cc21. The Labute approximate surface area is 82.3 Å². The Morgan fingerprint density at radius 2 is 2.29 bits per heavy atom. The summed E-state index contributed by atoms with van der Waals surface area (Å²) < 4.78 is 5.08. The quantitative estimate of drug-likeness (QED) is 0.577. The van der Waals surface area contributed by atoms with E-state index in [0.717, 1.165) is 18.4 Å². The Morgan fingerprint density at radius 1 is 1.50 bits per heavy atom. The Morgan fingerprint density at radius 3 is 3.00 bits per heavy atom. The van der Waals surface area contributed by atoms with Gasteiger partial charge in [-0.05, 0) is 24.6 Å². The van der Waals surface area contributed by atoms with Crippen LogP contribution in [0.15, 0.2) is 18.2 Å². The number of benzene rings is 1. The van der Waals surface area contributed by atoms with Crippen molar-refractivity contribution in [1.82, 2.24) is 0 Å². The van der Waals surface area contributed by atoms with Crippen LogP contribution in [0.3, 0.4) is 0 Å². The first-order valence-corrected chi connectivity index (χ1v) is 4.77. The van der Waals surface area contributed by atoms with Gasteiger partial charge in [-0.15, -0.1) is 0 Å². The number of esters is 1. The number of phenols is 1. The zero-order valence-electron chi connectivity index (χ0n) is 7.99. The molecular formula is C11H12O3. The van der Waals surface area contributed by atoms with Crippen molar-refractivity contribution in [1.29, 1.82) is 0 Å². The highest BCUT2D eigenvalue weighted by atomic mass is 16.5. The molecule has 0 fully saturated rings. The molecular weight excluding hydrogens is 180 g/mol. The smallest absolute Gasteiger partial charge is 0.318 e. The molecule has 0 bridgehead atoms. The molecule has 1 heterocycles. The Balaban J connectivity index is 2.39. The lowest BCUT2D eigenvalue weighted by Gasteiger charge is -2.04. The molecule has 3 heteroatoms. The monoisotopic (exact) mass is 192 g/mol. The van der Waals surface area contributed by atoms with Crippen LogP contribution < -0.4 is 4.74 Å². The lowest BCUT2D eigenvalue weighted by atomic mass is 9.96. The third-order valence-corrected chi connectivity index (χ3v) is 2.44. The van der Waals surface area contributed by atoms with Gasteiger partial charge in [-0.3, -0.25) is 4.79 Å². The summed E-state index contributed by atoms with van der Waals surface area (Å²) in [7, 11) is 0. The van der Waals surface area contributed by atoms with Crippen LogP contribution in [0.25, 0.3) is 0 Å². The summed E-state index contributed by atoms with van der Waals surface area (Å²) in [4.78, 5) is 11.4. The number of ether oxygens (including phenoxy) is 1. The van der Waals surface area contributed by atoms with Crippen molar-refractivity contribution in [2.45, 2.75) is 25.7 Å². The number of carbonyl (C=O) groups is 1. The average molecular weight is 192 g/mol. The summed E-state index contributed by atoms with van der Waals surface area (Å²) in [6.45, 7) is 2.02. The molecule has 0 radical (unpaired) electrons. The van der Waals surface area contributed by atoms with Gasteiger partial charge in [0.2, 0.25) is 0 Å². The van der Waals surface area contributed by atoms with Crippen molar-refractivity contribution >= 4 is 5.97 Å². The highest BCUT2D eigenvalue weighted by Gasteiger charge is 2.32. The zero-order valence-corrected chi connectivity index (χ0v) is 7.99. The highest BCUT2D eigenvalue weighted by Crippen LogP contribution is 2.39. The molecule has 1 atom stereocenters. The van der Waals surface area contributed by atoms with E-state index in [9.17, 15) is 9.90 Å². The zero-order chi connectivity index (χ0) is 10.1. The third-order valence-electron chi connectivity index (χ3n) is 2.44. The van der Waals surface area contributed by atoms with E-state index in [4.69, 9.17) is 4.74 Å². The molecule has 0 saturated carbocycles. The van der Waals surface area contributed by atoms with Crippen LogP contribution in [-0.4, -0.2) is 11.1 Å². The molecule has 2 rings (SSSR count). The fourth-order valence-corrected chi connectivity index (χ4v) is 1.77. The van der Waals surface area contributed by atoms with Crippen molar-refractivity contribution < 1.29 is 14.6 Å².